The van der Waals surface area contributed by atoms with Crippen molar-refractivity contribution < 1.29 is 4.39 Å². The summed E-state index contributed by atoms with van der Waals surface area (Å²) in [4.78, 5) is 0. The minimum atomic E-state index is -0.328. The summed E-state index contributed by atoms with van der Waals surface area (Å²) in [5, 5.41) is 0. The maximum Gasteiger partial charge on any atom is 0.117 e. The maximum absolute atomic E-state index is 13.0. The first-order chi connectivity index (χ1) is 5.82. The van der Waals surface area contributed by atoms with E-state index in [4.69, 9.17) is 7.85 Å². The Balaban J connectivity index is 3.32. The first-order valence-electron chi connectivity index (χ1n) is 4.38. The largest absolute Gasteiger partial charge is 0.208 e. The fourth-order valence-corrected chi connectivity index (χ4v) is 1.50. The predicted molar refractivity (Wildman–Crippen MR) is 55.2 cm³/mol. The molecule has 0 aliphatic heterocycles. The van der Waals surface area contributed by atoms with Gasteiger partial charge in [-0.25, -0.2) is 4.39 Å². The van der Waals surface area contributed by atoms with E-state index in [1.165, 1.54) is 6.07 Å². The normalized spacial score (nSPS) is 11.8. The van der Waals surface area contributed by atoms with E-state index in [1.807, 2.05) is 6.92 Å². The van der Waals surface area contributed by atoms with E-state index >= 15 is 0 Å². The fourth-order valence-electron chi connectivity index (χ4n) is 1.50. The Labute approximate surface area is 80.6 Å². The van der Waals surface area contributed by atoms with Crippen molar-refractivity contribution in [3.05, 3.63) is 29.1 Å². The van der Waals surface area contributed by atoms with Crippen LogP contribution in [0.3, 0.4) is 0 Å². The van der Waals surface area contributed by atoms with Gasteiger partial charge in [-0.1, -0.05) is 32.3 Å². The number of hydrogen-bond acceptors (Lipinski definition) is 0. The molecule has 0 amide bonds. The molecule has 1 aromatic rings. The van der Waals surface area contributed by atoms with Crippen molar-refractivity contribution in [1.82, 2.24) is 0 Å². The summed E-state index contributed by atoms with van der Waals surface area (Å²) in [6, 6.07) is 3.22. The molecule has 0 saturated heterocycles. The van der Waals surface area contributed by atoms with Crippen LogP contribution in [0.1, 0.15) is 31.9 Å². The molecule has 0 aliphatic rings. The van der Waals surface area contributed by atoms with Crippen LogP contribution in [0.15, 0.2) is 12.1 Å². The fraction of sp³-hybridized carbons (Fsp3) is 0.455. The van der Waals surface area contributed by atoms with E-state index in [0.29, 0.717) is 0 Å². The number of halogens is 1. The summed E-state index contributed by atoms with van der Waals surface area (Å²) < 4.78 is 13.0. The standard InChI is InChI=1S/C11H14BF/c1-7-5-10(13)9(12)6-8(7)11(2,3)4/h5-6H,1-4H3. The zero-order chi connectivity index (χ0) is 10.2. The Morgan fingerprint density at radius 3 is 2.23 bits per heavy atom. The minimum Gasteiger partial charge on any atom is -0.208 e. The molecule has 0 spiro atoms. The molecule has 1 aromatic carbocycles. The lowest BCUT2D eigenvalue weighted by molar-refractivity contribution is 0.580. The molecule has 2 heteroatoms. The molecule has 68 valence electrons. The average Bonchev–Trinajstić information content (AvgIpc) is 1.94. The summed E-state index contributed by atoms with van der Waals surface area (Å²) in [6.45, 7) is 8.18. The van der Waals surface area contributed by atoms with Crippen LogP contribution in [-0.4, -0.2) is 7.85 Å². The quantitative estimate of drug-likeness (QED) is 0.531. The van der Waals surface area contributed by atoms with E-state index < -0.39 is 0 Å². The number of aryl methyl sites for hydroxylation is 1. The Kier molecular flexibility index (Phi) is 2.51. The summed E-state index contributed by atoms with van der Waals surface area (Å²) in [5.74, 6) is -0.328. The first kappa shape index (κ1) is 10.3. The van der Waals surface area contributed by atoms with Crippen LogP contribution in [0.4, 0.5) is 4.39 Å². The summed E-state index contributed by atoms with van der Waals surface area (Å²) in [5.41, 5.74) is 2.31. The van der Waals surface area contributed by atoms with Crippen LogP contribution >= 0.6 is 0 Å². The molecule has 0 heterocycles. The molecule has 1 rings (SSSR count). The van der Waals surface area contributed by atoms with Crippen LogP contribution in [0.5, 0.6) is 0 Å². The van der Waals surface area contributed by atoms with Crippen LogP contribution in [0, 0.1) is 12.7 Å². The van der Waals surface area contributed by atoms with Gasteiger partial charge in [-0.15, -0.1) is 0 Å². The van der Waals surface area contributed by atoms with Gasteiger partial charge < -0.3 is 0 Å². The third kappa shape index (κ3) is 2.12. The second-order valence-electron chi connectivity index (χ2n) is 4.44. The molecule has 13 heavy (non-hydrogen) atoms. The molecule has 0 aromatic heterocycles. The third-order valence-corrected chi connectivity index (χ3v) is 2.15. The first-order valence-corrected chi connectivity index (χ1v) is 4.38. The maximum atomic E-state index is 13.0. The highest BCUT2D eigenvalue weighted by atomic mass is 19.1. The third-order valence-electron chi connectivity index (χ3n) is 2.15. The van der Waals surface area contributed by atoms with E-state index in [9.17, 15) is 4.39 Å². The monoisotopic (exact) mass is 176 g/mol. The molecule has 0 bridgehead atoms. The van der Waals surface area contributed by atoms with Gasteiger partial charge in [0.1, 0.15) is 13.7 Å². The van der Waals surface area contributed by atoms with Crippen LogP contribution < -0.4 is 5.46 Å². The Bertz CT molecular complexity index is 324. The van der Waals surface area contributed by atoms with Gasteiger partial charge in [0, 0.05) is 0 Å². The SMILES string of the molecule is [B]c1cc(C(C)(C)C)c(C)cc1F. The van der Waals surface area contributed by atoms with Crippen molar-refractivity contribution in [2.45, 2.75) is 33.1 Å². The lowest BCUT2D eigenvalue weighted by Crippen LogP contribution is -2.19. The van der Waals surface area contributed by atoms with Gasteiger partial charge in [0.2, 0.25) is 0 Å². The number of hydrogen-bond donors (Lipinski definition) is 0. The molecule has 0 saturated carbocycles. The Hall–Kier alpha value is -0.785. The van der Waals surface area contributed by atoms with Crippen molar-refractivity contribution in [3.63, 3.8) is 0 Å². The van der Waals surface area contributed by atoms with E-state index in [-0.39, 0.29) is 16.7 Å². The van der Waals surface area contributed by atoms with E-state index in [1.54, 1.807) is 6.07 Å². The molecule has 0 unspecified atom stereocenters. The molecule has 0 nitrogen and oxygen atoms in total. The molecule has 2 radical (unpaired) electrons. The topological polar surface area (TPSA) is 0 Å². The Morgan fingerprint density at radius 1 is 1.23 bits per heavy atom. The van der Waals surface area contributed by atoms with Gasteiger partial charge in [0.15, 0.2) is 0 Å². The van der Waals surface area contributed by atoms with Gasteiger partial charge in [0.25, 0.3) is 0 Å². The van der Waals surface area contributed by atoms with Crippen molar-refractivity contribution in [3.8, 4) is 0 Å². The summed E-state index contributed by atoms with van der Waals surface area (Å²) in [7, 11) is 5.51. The Morgan fingerprint density at radius 2 is 1.77 bits per heavy atom. The molecule has 0 N–H and O–H groups in total. The number of benzene rings is 1. The molecule has 0 aliphatic carbocycles. The van der Waals surface area contributed by atoms with Gasteiger partial charge in [-0.2, -0.15) is 0 Å². The van der Waals surface area contributed by atoms with E-state index in [0.717, 1.165) is 11.1 Å². The predicted octanol–water partition coefficient (Wildman–Crippen LogP) is 2.23. The zero-order valence-corrected chi connectivity index (χ0v) is 8.61. The second-order valence-corrected chi connectivity index (χ2v) is 4.44. The highest BCUT2D eigenvalue weighted by Crippen LogP contribution is 2.24. The number of rotatable bonds is 0. The molecule has 0 atom stereocenters. The van der Waals surface area contributed by atoms with Crippen molar-refractivity contribution >= 4 is 13.3 Å². The van der Waals surface area contributed by atoms with Crippen molar-refractivity contribution in [2.75, 3.05) is 0 Å². The van der Waals surface area contributed by atoms with Gasteiger partial charge in [-0.3, -0.25) is 0 Å². The van der Waals surface area contributed by atoms with Crippen LogP contribution in [-0.2, 0) is 5.41 Å². The average molecular weight is 176 g/mol. The zero-order valence-electron chi connectivity index (χ0n) is 8.61. The highest BCUT2D eigenvalue weighted by molar-refractivity contribution is 6.32. The molecular formula is C11H14BF. The minimum absolute atomic E-state index is 0.0197. The van der Waals surface area contributed by atoms with Gasteiger partial charge >= 0.3 is 0 Å². The lowest BCUT2D eigenvalue weighted by atomic mass is 9.80. The van der Waals surface area contributed by atoms with Crippen LogP contribution in [0.25, 0.3) is 0 Å². The molecule has 0 fully saturated rings. The van der Waals surface area contributed by atoms with Crippen LogP contribution in [0.2, 0.25) is 0 Å². The summed E-state index contributed by atoms with van der Waals surface area (Å²) >= 11 is 0. The molecular weight excluding hydrogens is 162 g/mol. The van der Waals surface area contributed by atoms with Crippen molar-refractivity contribution in [2.24, 2.45) is 0 Å². The van der Waals surface area contributed by atoms with Gasteiger partial charge in [0.05, 0.1) is 0 Å². The van der Waals surface area contributed by atoms with E-state index in [2.05, 4.69) is 20.8 Å². The highest BCUT2D eigenvalue weighted by Gasteiger charge is 2.17. The van der Waals surface area contributed by atoms with Gasteiger partial charge in [-0.05, 0) is 29.5 Å². The smallest absolute Gasteiger partial charge is 0.117 e. The lowest BCUT2D eigenvalue weighted by Gasteiger charge is -2.22. The second kappa shape index (κ2) is 3.17. The summed E-state index contributed by atoms with van der Waals surface area (Å²) in [6.07, 6.45) is 0. The van der Waals surface area contributed by atoms with Crippen molar-refractivity contribution in [1.29, 1.82) is 0 Å².